The quantitative estimate of drug-likeness (QED) is 0.462. The van der Waals surface area contributed by atoms with E-state index < -0.39 is 33.3 Å². The Balaban J connectivity index is 3.34. The summed E-state index contributed by atoms with van der Waals surface area (Å²) < 4.78 is 9.89. The standard InChI is InChI=1S/C12H16N2O7/c1-4-20-6-10(15)21-12-9(13(16)17)5-7(2)8(3)11(12)14(18)19/h5,10,15H,4,6H2,1-3H3. The minimum atomic E-state index is -1.54. The molecule has 21 heavy (non-hydrogen) atoms. The van der Waals surface area contributed by atoms with Crippen molar-refractivity contribution < 1.29 is 24.4 Å². The molecule has 1 N–H and O–H groups in total. The molecule has 0 saturated carbocycles. The van der Waals surface area contributed by atoms with E-state index in [0.717, 1.165) is 0 Å². The van der Waals surface area contributed by atoms with Crippen LogP contribution in [0.4, 0.5) is 11.4 Å². The Bertz CT molecular complexity index is 559. The zero-order valence-corrected chi connectivity index (χ0v) is 11.9. The average molecular weight is 300 g/mol. The van der Waals surface area contributed by atoms with Crippen LogP contribution in [-0.4, -0.2) is 34.5 Å². The highest BCUT2D eigenvalue weighted by Gasteiger charge is 2.32. The van der Waals surface area contributed by atoms with E-state index in [-0.39, 0.29) is 12.2 Å². The van der Waals surface area contributed by atoms with Gasteiger partial charge in [-0.05, 0) is 26.3 Å². The summed E-state index contributed by atoms with van der Waals surface area (Å²) in [6.45, 7) is 4.72. The van der Waals surface area contributed by atoms with Crippen molar-refractivity contribution in [2.24, 2.45) is 0 Å². The van der Waals surface area contributed by atoms with E-state index in [4.69, 9.17) is 9.47 Å². The molecule has 0 heterocycles. The third-order valence-electron chi connectivity index (χ3n) is 2.85. The first kappa shape index (κ1) is 16.8. The molecule has 0 aliphatic carbocycles. The van der Waals surface area contributed by atoms with Crippen LogP contribution in [0.2, 0.25) is 0 Å². The van der Waals surface area contributed by atoms with Crippen molar-refractivity contribution in [2.75, 3.05) is 13.2 Å². The number of aryl methyl sites for hydroxylation is 1. The molecule has 0 saturated heterocycles. The van der Waals surface area contributed by atoms with Gasteiger partial charge in [-0.15, -0.1) is 0 Å². The van der Waals surface area contributed by atoms with E-state index in [1.807, 2.05) is 0 Å². The summed E-state index contributed by atoms with van der Waals surface area (Å²) in [7, 11) is 0. The Kier molecular flexibility index (Phi) is 5.56. The van der Waals surface area contributed by atoms with Gasteiger partial charge in [-0.3, -0.25) is 20.2 Å². The maximum absolute atomic E-state index is 11.2. The summed E-state index contributed by atoms with van der Waals surface area (Å²) in [6, 6.07) is 1.17. The van der Waals surface area contributed by atoms with Crippen molar-refractivity contribution in [2.45, 2.75) is 27.1 Å². The normalized spacial score (nSPS) is 12.0. The highest BCUT2D eigenvalue weighted by Crippen LogP contribution is 2.41. The average Bonchev–Trinajstić information content (AvgIpc) is 2.39. The maximum atomic E-state index is 11.2. The number of hydrogen-bond donors (Lipinski definition) is 1. The van der Waals surface area contributed by atoms with Crippen molar-refractivity contribution in [1.82, 2.24) is 0 Å². The number of ether oxygens (including phenoxy) is 2. The van der Waals surface area contributed by atoms with Gasteiger partial charge >= 0.3 is 11.4 Å². The summed E-state index contributed by atoms with van der Waals surface area (Å²) in [6.07, 6.45) is -1.54. The zero-order valence-electron chi connectivity index (χ0n) is 11.9. The van der Waals surface area contributed by atoms with Gasteiger partial charge in [0, 0.05) is 18.2 Å². The molecule has 9 nitrogen and oxygen atoms in total. The molecule has 1 aromatic rings. The van der Waals surface area contributed by atoms with Crippen LogP contribution in [0.25, 0.3) is 0 Å². The highest BCUT2D eigenvalue weighted by atomic mass is 16.7. The van der Waals surface area contributed by atoms with Gasteiger partial charge in [-0.25, -0.2) is 0 Å². The van der Waals surface area contributed by atoms with Gasteiger partial charge in [-0.2, -0.15) is 0 Å². The number of rotatable bonds is 7. The molecule has 0 aliphatic rings. The fraction of sp³-hybridized carbons (Fsp3) is 0.500. The predicted molar refractivity (Wildman–Crippen MR) is 72.4 cm³/mol. The third kappa shape index (κ3) is 3.86. The van der Waals surface area contributed by atoms with E-state index in [2.05, 4.69) is 0 Å². The SMILES string of the molecule is CCOCC(O)Oc1c([N+](=O)[O-])cc(C)c(C)c1[N+](=O)[O-]. The van der Waals surface area contributed by atoms with Crippen LogP contribution in [0.5, 0.6) is 5.75 Å². The van der Waals surface area contributed by atoms with Crippen LogP contribution >= 0.6 is 0 Å². The molecule has 1 unspecified atom stereocenters. The molecule has 9 heteroatoms. The Morgan fingerprint density at radius 1 is 1.29 bits per heavy atom. The number of nitro benzene ring substituents is 2. The lowest BCUT2D eigenvalue weighted by atomic mass is 10.1. The fourth-order valence-electron chi connectivity index (χ4n) is 1.72. The Morgan fingerprint density at radius 3 is 2.38 bits per heavy atom. The predicted octanol–water partition coefficient (Wildman–Crippen LogP) is 1.85. The zero-order chi connectivity index (χ0) is 16.2. The molecular formula is C12H16N2O7. The number of nitrogens with zero attached hydrogens (tertiary/aromatic N) is 2. The molecule has 1 atom stereocenters. The summed E-state index contributed by atoms with van der Waals surface area (Å²) in [5.74, 6) is -0.569. The minimum absolute atomic E-state index is 0.240. The van der Waals surface area contributed by atoms with Crippen LogP contribution in [0.15, 0.2) is 6.07 Å². The van der Waals surface area contributed by atoms with Crippen molar-refractivity contribution >= 4 is 11.4 Å². The van der Waals surface area contributed by atoms with E-state index in [1.165, 1.54) is 19.9 Å². The van der Waals surface area contributed by atoms with Gasteiger partial charge < -0.3 is 14.6 Å². The van der Waals surface area contributed by atoms with Crippen LogP contribution in [0.3, 0.4) is 0 Å². The van der Waals surface area contributed by atoms with E-state index in [1.54, 1.807) is 6.92 Å². The van der Waals surface area contributed by atoms with Gasteiger partial charge in [0.25, 0.3) is 5.75 Å². The monoisotopic (exact) mass is 300 g/mol. The van der Waals surface area contributed by atoms with E-state index in [0.29, 0.717) is 12.2 Å². The molecule has 0 bridgehead atoms. The second kappa shape index (κ2) is 6.95. The van der Waals surface area contributed by atoms with E-state index in [9.17, 15) is 25.3 Å². The summed E-state index contributed by atoms with van der Waals surface area (Å²) >= 11 is 0. The molecule has 0 amide bonds. The number of benzene rings is 1. The number of aliphatic hydroxyl groups excluding tert-OH is 1. The minimum Gasteiger partial charge on any atom is -0.450 e. The number of aliphatic hydroxyl groups is 1. The molecule has 0 radical (unpaired) electrons. The van der Waals surface area contributed by atoms with Crippen molar-refractivity contribution in [3.63, 3.8) is 0 Å². The van der Waals surface area contributed by atoms with Crippen molar-refractivity contribution in [3.05, 3.63) is 37.4 Å². The molecule has 0 spiro atoms. The summed E-state index contributed by atoms with van der Waals surface area (Å²) in [5, 5.41) is 31.8. The third-order valence-corrected chi connectivity index (χ3v) is 2.85. The first-order valence-corrected chi connectivity index (χ1v) is 6.15. The summed E-state index contributed by atoms with van der Waals surface area (Å²) in [5.41, 5.74) is -0.471. The van der Waals surface area contributed by atoms with Crippen LogP contribution in [-0.2, 0) is 4.74 Å². The van der Waals surface area contributed by atoms with Gasteiger partial charge in [0.05, 0.1) is 9.85 Å². The van der Waals surface area contributed by atoms with Crippen LogP contribution < -0.4 is 4.74 Å². The molecule has 116 valence electrons. The van der Waals surface area contributed by atoms with Gasteiger partial charge in [0.1, 0.15) is 6.61 Å². The second-order valence-electron chi connectivity index (χ2n) is 4.26. The van der Waals surface area contributed by atoms with Gasteiger partial charge in [-0.1, -0.05) is 0 Å². The molecule has 1 rings (SSSR count). The Morgan fingerprint density at radius 2 is 1.90 bits per heavy atom. The first-order chi connectivity index (χ1) is 9.79. The second-order valence-corrected chi connectivity index (χ2v) is 4.26. The lowest BCUT2D eigenvalue weighted by molar-refractivity contribution is -0.397. The number of nitro groups is 2. The smallest absolute Gasteiger partial charge is 0.321 e. The molecule has 1 aromatic carbocycles. The molecule has 0 fully saturated rings. The van der Waals surface area contributed by atoms with E-state index >= 15 is 0 Å². The Hall–Kier alpha value is -2.26. The lowest BCUT2D eigenvalue weighted by Gasteiger charge is -2.15. The fourth-order valence-corrected chi connectivity index (χ4v) is 1.72. The van der Waals surface area contributed by atoms with Crippen molar-refractivity contribution in [3.8, 4) is 5.75 Å². The van der Waals surface area contributed by atoms with Crippen LogP contribution in [0, 0.1) is 34.1 Å². The first-order valence-electron chi connectivity index (χ1n) is 6.15. The Labute approximate surface area is 120 Å². The van der Waals surface area contributed by atoms with Gasteiger partial charge in [0.15, 0.2) is 0 Å². The van der Waals surface area contributed by atoms with Crippen molar-refractivity contribution in [1.29, 1.82) is 0 Å². The maximum Gasteiger partial charge on any atom is 0.321 e. The molecule has 0 aliphatic heterocycles. The molecule has 0 aromatic heterocycles. The largest absolute Gasteiger partial charge is 0.450 e. The number of hydrogen-bond acceptors (Lipinski definition) is 7. The summed E-state index contributed by atoms with van der Waals surface area (Å²) in [4.78, 5) is 20.6. The van der Waals surface area contributed by atoms with Gasteiger partial charge in [0.2, 0.25) is 6.29 Å². The topological polar surface area (TPSA) is 125 Å². The molecular weight excluding hydrogens is 284 g/mol. The highest BCUT2D eigenvalue weighted by molar-refractivity contribution is 5.66. The van der Waals surface area contributed by atoms with Crippen LogP contribution in [0.1, 0.15) is 18.1 Å². The lowest BCUT2D eigenvalue weighted by Crippen LogP contribution is -2.23.